The van der Waals surface area contributed by atoms with Gasteiger partial charge in [0.25, 0.3) is 0 Å². The normalized spacial score (nSPS) is 11.9. The largest absolute Gasteiger partial charge is 0.450 e. The Hall–Kier alpha value is -3.87. The van der Waals surface area contributed by atoms with Crippen LogP contribution in [0.2, 0.25) is 0 Å². The van der Waals surface area contributed by atoms with Crippen molar-refractivity contribution in [2.45, 2.75) is 47.1 Å². The number of amides is 2. The van der Waals surface area contributed by atoms with Gasteiger partial charge >= 0.3 is 6.09 Å². The van der Waals surface area contributed by atoms with Gasteiger partial charge in [-0.25, -0.2) is 10.2 Å². The van der Waals surface area contributed by atoms with Gasteiger partial charge in [-0.3, -0.25) is 4.79 Å². The number of benzene rings is 2. The molecule has 1 heterocycles. The molecule has 2 aromatic carbocycles. The molecule has 34 heavy (non-hydrogen) atoms. The zero-order valence-electron chi connectivity index (χ0n) is 20.4. The number of nitrogens with one attached hydrogen (secondary N) is 2. The minimum Gasteiger partial charge on any atom is -0.450 e. The van der Waals surface area contributed by atoms with E-state index in [9.17, 15) is 9.59 Å². The molecule has 0 aliphatic rings. The van der Waals surface area contributed by atoms with Gasteiger partial charge in [0.1, 0.15) is 0 Å². The van der Waals surface area contributed by atoms with Crippen LogP contribution in [0.4, 0.5) is 4.79 Å². The second-order valence-corrected chi connectivity index (χ2v) is 8.21. The predicted molar refractivity (Wildman–Crippen MR) is 134 cm³/mol. The number of aromatic nitrogens is 1. The molecule has 7 heteroatoms. The number of aryl methyl sites for hydroxylation is 2. The van der Waals surface area contributed by atoms with Crippen LogP contribution in [0.25, 0.3) is 5.69 Å². The topological polar surface area (TPSA) is 84.7 Å². The van der Waals surface area contributed by atoms with Crippen LogP contribution in [0.5, 0.6) is 0 Å². The molecule has 2 N–H and O–H groups in total. The first-order chi connectivity index (χ1) is 16.3. The zero-order valence-corrected chi connectivity index (χ0v) is 20.4. The first-order valence-electron chi connectivity index (χ1n) is 11.4. The fraction of sp³-hybridized carbons (Fsp3) is 0.296. The van der Waals surface area contributed by atoms with Gasteiger partial charge in [-0.1, -0.05) is 42.5 Å². The highest BCUT2D eigenvalue weighted by Gasteiger charge is 2.19. The number of alkyl carbamates (subject to hydrolysis) is 1. The van der Waals surface area contributed by atoms with Gasteiger partial charge in [0.2, 0.25) is 5.91 Å². The molecule has 0 bridgehead atoms. The molecular weight excluding hydrogens is 428 g/mol. The summed E-state index contributed by atoms with van der Waals surface area (Å²) in [7, 11) is 0. The number of hydrazone groups is 1. The molecule has 3 rings (SSSR count). The average molecular weight is 461 g/mol. The Bertz CT molecular complexity index is 1180. The van der Waals surface area contributed by atoms with Crippen molar-refractivity contribution in [2.24, 2.45) is 5.10 Å². The van der Waals surface area contributed by atoms with Gasteiger partial charge in [0, 0.05) is 22.6 Å². The number of hydrogen-bond acceptors (Lipinski definition) is 4. The van der Waals surface area contributed by atoms with Crippen LogP contribution in [0, 0.1) is 27.7 Å². The molecule has 0 unspecified atom stereocenters. The lowest BCUT2D eigenvalue weighted by atomic mass is 10.0. The fourth-order valence-corrected chi connectivity index (χ4v) is 3.92. The van der Waals surface area contributed by atoms with E-state index in [2.05, 4.69) is 59.4 Å². The van der Waals surface area contributed by atoms with Crippen LogP contribution in [-0.2, 0) is 9.53 Å². The van der Waals surface area contributed by atoms with Crippen molar-refractivity contribution in [2.75, 3.05) is 6.61 Å². The van der Waals surface area contributed by atoms with Gasteiger partial charge in [-0.2, -0.15) is 5.10 Å². The van der Waals surface area contributed by atoms with Crippen LogP contribution in [0.3, 0.4) is 0 Å². The summed E-state index contributed by atoms with van der Waals surface area (Å²) in [5, 5.41) is 6.91. The third-order valence-electron chi connectivity index (χ3n) is 5.84. The maximum Gasteiger partial charge on any atom is 0.407 e. The van der Waals surface area contributed by atoms with Crippen molar-refractivity contribution in [1.82, 2.24) is 15.3 Å². The van der Waals surface area contributed by atoms with Crippen molar-refractivity contribution in [1.29, 1.82) is 0 Å². The number of ether oxygens (including phenoxy) is 1. The van der Waals surface area contributed by atoms with E-state index in [1.165, 1.54) is 11.1 Å². The highest BCUT2D eigenvalue weighted by atomic mass is 16.5. The van der Waals surface area contributed by atoms with E-state index < -0.39 is 12.1 Å². The third kappa shape index (κ3) is 5.92. The molecule has 0 saturated heterocycles. The van der Waals surface area contributed by atoms with E-state index in [1.807, 2.05) is 43.3 Å². The number of hydrogen-bond donors (Lipinski definition) is 2. The Morgan fingerprint density at radius 1 is 1.06 bits per heavy atom. The predicted octanol–water partition coefficient (Wildman–Crippen LogP) is 5.04. The van der Waals surface area contributed by atoms with Crippen molar-refractivity contribution in [3.05, 3.63) is 88.2 Å². The quantitative estimate of drug-likeness (QED) is 0.365. The number of carbonyl (C=O) groups excluding carboxylic acids is 2. The summed E-state index contributed by atoms with van der Waals surface area (Å²) >= 11 is 0. The van der Waals surface area contributed by atoms with Gasteiger partial charge in [-0.05, 0) is 63.4 Å². The van der Waals surface area contributed by atoms with Gasteiger partial charge < -0.3 is 14.6 Å². The summed E-state index contributed by atoms with van der Waals surface area (Å²) in [6, 6.07) is 17.1. The molecule has 178 valence electrons. The third-order valence-corrected chi connectivity index (χ3v) is 5.84. The minimum atomic E-state index is -0.563. The maximum absolute atomic E-state index is 12.6. The molecule has 7 nitrogen and oxygen atoms in total. The lowest BCUT2D eigenvalue weighted by Crippen LogP contribution is -2.33. The highest BCUT2D eigenvalue weighted by molar-refractivity contribution is 5.84. The minimum absolute atomic E-state index is 0.0294. The second-order valence-electron chi connectivity index (χ2n) is 8.21. The number of nitrogens with zero attached hydrogens (tertiary/aromatic N) is 2. The first-order valence-corrected chi connectivity index (χ1v) is 11.4. The van der Waals surface area contributed by atoms with Crippen molar-refractivity contribution in [3.63, 3.8) is 0 Å². The van der Waals surface area contributed by atoms with Crippen LogP contribution < -0.4 is 10.7 Å². The molecule has 1 atom stereocenters. The van der Waals surface area contributed by atoms with E-state index in [0.29, 0.717) is 0 Å². The monoisotopic (exact) mass is 460 g/mol. The SMILES string of the molecule is CCOC(=O)N[C@@H](CC(=O)N/N=C\c1cc(C)n(-c2cccc(C)c2C)c1C)c1ccccc1. The first kappa shape index (κ1) is 24.8. The molecule has 0 fully saturated rings. The Balaban J connectivity index is 1.71. The summed E-state index contributed by atoms with van der Waals surface area (Å²) in [5.41, 5.74) is 10.0. The molecule has 0 saturated carbocycles. The zero-order chi connectivity index (χ0) is 24.7. The second kappa shape index (κ2) is 11.3. The lowest BCUT2D eigenvalue weighted by molar-refractivity contribution is -0.121. The van der Waals surface area contributed by atoms with Crippen LogP contribution in [0.1, 0.15) is 53.0 Å². The summed E-state index contributed by atoms with van der Waals surface area (Å²) in [6.45, 7) is 10.3. The Morgan fingerprint density at radius 2 is 1.79 bits per heavy atom. The molecule has 0 aliphatic heterocycles. The summed E-state index contributed by atoms with van der Waals surface area (Å²) < 4.78 is 7.17. The van der Waals surface area contributed by atoms with E-state index in [-0.39, 0.29) is 18.9 Å². The van der Waals surface area contributed by atoms with Crippen molar-refractivity contribution < 1.29 is 14.3 Å². The van der Waals surface area contributed by atoms with Crippen LogP contribution >= 0.6 is 0 Å². The maximum atomic E-state index is 12.6. The highest BCUT2D eigenvalue weighted by Crippen LogP contribution is 2.24. The van der Waals surface area contributed by atoms with Gasteiger partial charge in [0.05, 0.1) is 25.3 Å². The Labute approximate surface area is 200 Å². The Morgan fingerprint density at radius 3 is 2.50 bits per heavy atom. The van der Waals surface area contributed by atoms with E-state index in [0.717, 1.165) is 28.2 Å². The summed E-state index contributed by atoms with van der Waals surface area (Å²) in [6.07, 6.45) is 1.12. The van der Waals surface area contributed by atoms with Gasteiger partial charge in [-0.15, -0.1) is 0 Å². The smallest absolute Gasteiger partial charge is 0.407 e. The molecule has 3 aromatic rings. The number of rotatable bonds is 8. The van der Waals surface area contributed by atoms with Crippen molar-refractivity contribution >= 4 is 18.2 Å². The average Bonchev–Trinajstić information content (AvgIpc) is 3.09. The summed E-state index contributed by atoms with van der Waals surface area (Å²) in [4.78, 5) is 24.5. The Kier molecular flexibility index (Phi) is 8.24. The number of carbonyl (C=O) groups is 2. The molecule has 0 radical (unpaired) electrons. The molecule has 0 spiro atoms. The standard InChI is InChI=1S/C27H32N4O3/c1-6-34-27(33)29-24(22-12-8-7-9-13-22)16-26(32)30-28-17-23-15-19(3)31(21(23)5)25-14-10-11-18(2)20(25)4/h7-15,17,24H,6,16H2,1-5H3,(H,29,33)(H,30,32)/b28-17-/t24-/m0/s1. The van der Waals surface area contributed by atoms with Crippen LogP contribution in [-0.4, -0.2) is 29.4 Å². The van der Waals surface area contributed by atoms with Crippen molar-refractivity contribution in [3.8, 4) is 5.69 Å². The van der Waals surface area contributed by atoms with E-state index in [4.69, 9.17) is 4.74 Å². The molecule has 2 amide bonds. The fourth-order valence-electron chi connectivity index (χ4n) is 3.92. The van der Waals surface area contributed by atoms with Gasteiger partial charge in [0.15, 0.2) is 0 Å². The molecule has 1 aromatic heterocycles. The molecule has 0 aliphatic carbocycles. The van der Waals surface area contributed by atoms with E-state index >= 15 is 0 Å². The summed E-state index contributed by atoms with van der Waals surface area (Å²) in [5.74, 6) is -0.315. The van der Waals surface area contributed by atoms with E-state index in [1.54, 1.807) is 13.1 Å². The van der Waals surface area contributed by atoms with Crippen LogP contribution in [0.15, 0.2) is 59.7 Å². The lowest BCUT2D eigenvalue weighted by Gasteiger charge is -2.18. The molecular formula is C27H32N4O3.